The minimum absolute atomic E-state index is 0.0665. The average molecular weight is 430 g/mol. The summed E-state index contributed by atoms with van der Waals surface area (Å²) in [6.07, 6.45) is 3.96. The summed E-state index contributed by atoms with van der Waals surface area (Å²) in [6, 6.07) is 11.0. The molecular formula is C20H16ClN3O2S2. The topological polar surface area (TPSA) is 62.3 Å². The van der Waals surface area contributed by atoms with E-state index in [0.29, 0.717) is 34.5 Å². The number of thiophene rings is 1. The molecular weight excluding hydrogens is 414 g/mol. The molecule has 142 valence electrons. The van der Waals surface area contributed by atoms with E-state index in [2.05, 4.69) is 10.3 Å². The Morgan fingerprint density at radius 2 is 2.07 bits per heavy atom. The zero-order valence-electron chi connectivity index (χ0n) is 14.7. The van der Waals surface area contributed by atoms with E-state index in [0.717, 1.165) is 16.1 Å². The van der Waals surface area contributed by atoms with Gasteiger partial charge >= 0.3 is 0 Å². The van der Waals surface area contributed by atoms with Crippen LogP contribution in [0.3, 0.4) is 0 Å². The van der Waals surface area contributed by atoms with Crippen molar-refractivity contribution < 1.29 is 9.59 Å². The molecule has 0 atom stereocenters. The fourth-order valence-electron chi connectivity index (χ4n) is 2.88. The predicted octanol–water partition coefficient (Wildman–Crippen LogP) is 4.71. The summed E-state index contributed by atoms with van der Waals surface area (Å²) in [4.78, 5) is 32.7. The Morgan fingerprint density at radius 3 is 2.86 bits per heavy atom. The number of halogens is 1. The largest absolute Gasteiger partial charge is 0.334 e. The molecule has 28 heavy (non-hydrogen) atoms. The van der Waals surface area contributed by atoms with Gasteiger partial charge in [0.2, 0.25) is 5.91 Å². The molecule has 2 amide bonds. The Balaban J connectivity index is 1.42. The van der Waals surface area contributed by atoms with Crippen LogP contribution in [0.25, 0.3) is 6.08 Å². The van der Waals surface area contributed by atoms with Crippen molar-refractivity contribution in [3.8, 4) is 0 Å². The van der Waals surface area contributed by atoms with Crippen LogP contribution in [0.5, 0.6) is 0 Å². The number of carbonyl (C=O) groups is 2. The number of aromatic nitrogens is 1. The first kappa shape index (κ1) is 18.9. The first-order valence-corrected chi connectivity index (χ1v) is 10.7. The standard InChI is InChI=1S/C20H16ClN3O2S2/c21-14-5-2-1-4-13(14)7-8-18(25)24-10-9-15-17(12-24)28-20(22-15)23-19(26)16-6-3-11-27-16/h1-8,11H,9-10,12H2,(H,22,23,26)/b8-7+. The van der Waals surface area contributed by atoms with Crippen LogP contribution in [0.15, 0.2) is 47.9 Å². The SMILES string of the molecule is O=C(Nc1nc2c(s1)CN(C(=O)/C=C/c1ccccc1Cl)CC2)c1cccs1. The summed E-state index contributed by atoms with van der Waals surface area (Å²) in [5.74, 6) is -0.222. The first-order chi connectivity index (χ1) is 13.6. The summed E-state index contributed by atoms with van der Waals surface area (Å²) < 4.78 is 0. The Kier molecular flexibility index (Phi) is 5.57. The fraction of sp³-hybridized carbons (Fsp3) is 0.150. The van der Waals surface area contributed by atoms with Crippen molar-refractivity contribution in [2.75, 3.05) is 11.9 Å². The van der Waals surface area contributed by atoms with Crippen LogP contribution in [-0.4, -0.2) is 28.2 Å². The van der Waals surface area contributed by atoms with Gasteiger partial charge < -0.3 is 4.90 Å². The number of rotatable bonds is 4. The molecule has 4 rings (SSSR count). The minimum Gasteiger partial charge on any atom is -0.334 e. The van der Waals surface area contributed by atoms with Crippen LogP contribution >= 0.6 is 34.3 Å². The van der Waals surface area contributed by atoms with Gasteiger partial charge in [-0.15, -0.1) is 11.3 Å². The monoisotopic (exact) mass is 429 g/mol. The third-order valence-electron chi connectivity index (χ3n) is 4.32. The summed E-state index contributed by atoms with van der Waals surface area (Å²) in [7, 11) is 0. The molecule has 0 spiro atoms. The lowest BCUT2D eigenvalue weighted by molar-refractivity contribution is -0.126. The highest BCUT2D eigenvalue weighted by Crippen LogP contribution is 2.29. The van der Waals surface area contributed by atoms with Crippen molar-refractivity contribution in [2.24, 2.45) is 0 Å². The number of carbonyl (C=O) groups excluding carboxylic acids is 2. The third-order valence-corrected chi connectivity index (χ3v) is 6.53. The average Bonchev–Trinajstić information content (AvgIpc) is 3.36. The van der Waals surface area contributed by atoms with E-state index in [1.807, 2.05) is 29.6 Å². The molecule has 1 N–H and O–H groups in total. The first-order valence-electron chi connectivity index (χ1n) is 8.65. The maximum Gasteiger partial charge on any atom is 0.267 e. The molecule has 0 radical (unpaired) electrons. The van der Waals surface area contributed by atoms with E-state index >= 15 is 0 Å². The Bertz CT molecular complexity index is 1040. The van der Waals surface area contributed by atoms with Crippen molar-refractivity contribution in [1.29, 1.82) is 0 Å². The molecule has 2 aromatic heterocycles. The molecule has 1 aliphatic heterocycles. The number of anilines is 1. The molecule has 0 saturated carbocycles. The van der Waals surface area contributed by atoms with Gasteiger partial charge in [0, 0.05) is 28.9 Å². The predicted molar refractivity (Wildman–Crippen MR) is 114 cm³/mol. The molecule has 3 aromatic rings. The molecule has 1 aromatic carbocycles. The smallest absolute Gasteiger partial charge is 0.267 e. The lowest BCUT2D eigenvalue weighted by atomic mass is 10.1. The van der Waals surface area contributed by atoms with Crippen molar-refractivity contribution >= 4 is 57.3 Å². The number of thiazole rings is 1. The second-order valence-electron chi connectivity index (χ2n) is 6.18. The molecule has 0 fully saturated rings. The van der Waals surface area contributed by atoms with E-state index in [4.69, 9.17) is 11.6 Å². The van der Waals surface area contributed by atoms with Crippen molar-refractivity contribution in [3.05, 3.63) is 73.9 Å². The van der Waals surface area contributed by atoms with Gasteiger partial charge in [-0.1, -0.05) is 47.2 Å². The van der Waals surface area contributed by atoms with Gasteiger partial charge in [-0.25, -0.2) is 4.98 Å². The summed E-state index contributed by atoms with van der Waals surface area (Å²) >= 11 is 8.94. The van der Waals surface area contributed by atoms with E-state index in [9.17, 15) is 9.59 Å². The van der Waals surface area contributed by atoms with Crippen LogP contribution in [0.2, 0.25) is 5.02 Å². The minimum atomic E-state index is -0.156. The van der Waals surface area contributed by atoms with Gasteiger partial charge in [-0.05, 0) is 29.2 Å². The highest BCUT2D eigenvalue weighted by atomic mass is 35.5. The Hall–Kier alpha value is -2.48. The molecule has 0 bridgehead atoms. The van der Waals surface area contributed by atoms with Crippen LogP contribution in [0, 0.1) is 0 Å². The van der Waals surface area contributed by atoms with Crippen LogP contribution < -0.4 is 5.32 Å². The van der Waals surface area contributed by atoms with E-state index in [1.54, 1.807) is 29.2 Å². The fourth-order valence-corrected chi connectivity index (χ4v) is 4.72. The molecule has 0 saturated heterocycles. The second kappa shape index (κ2) is 8.26. The molecule has 0 aliphatic carbocycles. The quantitative estimate of drug-likeness (QED) is 0.611. The van der Waals surface area contributed by atoms with Crippen LogP contribution in [0.4, 0.5) is 5.13 Å². The van der Waals surface area contributed by atoms with Gasteiger partial charge in [-0.3, -0.25) is 14.9 Å². The lowest BCUT2D eigenvalue weighted by Gasteiger charge is -2.24. The zero-order valence-corrected chi connectivity index (χ0v) is 17.1. The van der Waals surface area contributed by atoms with E-state index < -0.39 is 0 Å². The maximum absolute atomic E-state index is 12.5. The van der Waals surface area contributed by atoms with Gasteiger partial charge in [0.1, 0.15) is 0 Å². The highest BCUT2D eigenvalue weighted by molar-refractivity contribution is 7.16. The lowest BCUT2D eigenvalue weighted by Crippen LogP contribution is -2.34. The molecule has 1 aliphatic rings. The Labute approximate surface area is 175 Å². The number of amides is 2. The van der Waals surface area contributed by atoms with E-state index in [1.165, 1.54) is 22.7 Å². The number of hydrogen-bond acceptors (Lipinski definition) is 5. The zero-order chi connectivity index (χ0) is 19.5. The molecule has 0 unspecified atom stereocenters. The van der Waals surface area contributed by atoms with Gasteiger partial charge in [0.15, 0.2) is 5.13 Å². The third kappa shape index (κ3) is 4.16. The van der Waals surface area contributed by atoms with Crippen LogP contribution in [-0.2, 0) is 17.8 Å². The number of nitrogens with zero attached hydrogens (tertiary/aromatic N) is 2. The molecule has 3 heterocycles. The summed E-state index contributed by atoms with van der Waals surface area (Å²) in [5.41, 5.74) is 1.76. The Morgan fingerprint density at radius 1 is 1.21 bits per heavy atom. The normalized spacial score (nSPS) is 13.5. The van der Waals surface area contributed by atoms with Gasteiger partial charge in [0.05, 0.1) is 17.1 Å². The number of benzene rings is 1. The molecule has 8 heteroatoms. The van der Waals surface area contributed by atoms with Gasteiger partial charge in [0.25, 0.3) is 5.91 Å². The van der Waals surface area contributed by atoms with Crippen molar-refractivity contribution in [1.82, 2.24) is 9.88 Å². The number of nitrogens with one attached hydrogen (secondary N) is 1. The highest BCUT2D eigenvalue weighted by Gasteiger charge is 2.23. The van der Waals surface area contributed by atoms with Crippen molar-refractivity contribution in [2.45, 2.75) is 13.0 Å². The number of fused-ring (bicyclic) bond motifs is 1. The number of hydrogen-bond donors (Lipinski definition) is 1. The maximum atomic E-state index is 12.5. The van der Waals surface area contributed by atoms with Gasteiger partial charge in [-0.2, -0.15) is 0 Å². The summed E-state index contributed by atoms with van der Waals surface area (Å²) in [6.45, 7) is 1.09. The second-order valence-corrected chi connectivity index (χ2v) is 8.62. The van der Waals surface area contributed by atoms with E-state index in [-0.39, 0.29) is 11.8 Å². The van der Waals surface area contributed by atoms with Crippen LogP contribution in [0.1, 0.15) is 25.8 Å². The molecule has 5 nitrogen and oxygen atoms in total. The summed E-state index contributed by atoms with van der Waals surface area (Å²) in [5, 5.41) is 5.89. The van der Waals surface area contributed by atoms with Crippen molar-refractivity contribution in [3.63, 3.8) is 0 Å².